The van der Waals surface area contributed by atoms with Gasteiger partial charge in [0.05, 0.1) is 23.2 Å². The number of nitrogens with zero attached hydrogens (tertiary/aromatic N) is 3. The van der Waals surface area contributed by atoms with Crippen LogP contribution in [0.5, 0.6) is 0 Å². The van der Waals surface area contributed by atoms with E-state index in [-0.39, 0.29) is 46.7 Å². The first-order valence-electron chi connectivity index (χ1n) is 8.91. The van der Waals surface area contributed by atoms with Crippen LogP contribution in [0, 0.1) is 30.6 Å². The average Bonchev–Trinajstić information content (AvgIpc) is 3.36. The maximum atomic E-state index is 13.2. The lowest BCUT2D eigenvalue weighted by Gasteiger charge is -2.15. The van der Waals surface area contributed by atoms with E-state index >= 15 is 0 Å². The first-order chi connectivity index (χ1) is 12.5. The number of hydrogen-bond donors (Lipinski definition) is 0. The molecule has 2 aliphatic carbocycles. The fourth-order valence-corrected chi connectivity index (χ4v) is 4.93. The van der Waals surface area contributed by atoms with Crippen LogP contribution in [0.25, 0.3) is 5.69 Å². The summed E-state index contributed by atoms with van der Waals surface area (Å²) < 4.78 is 3.21. The third kappa shape index (κ3) is 1.74. The minimum atomic E-state index is -0.335. The van der Waals surface area contributed by atoms with E-state index in [2.05, 4.69) is 12.2 Å². The van der Waals surface area contributed by atoms with Gasteiger partial charge in [-0.3, -0.25) is 19.1 Å². The van der Waals surface area contributed by atoms with Gasteiger partial charge in [0.25, 0.3) is 5.56 Å². The van der Waals surface area contributed by atoms with E-state index in [1.807, 2.05) is 30.3 Å². The molecule has 0 N–H and O–H groups in total. The molecule has 2 heterocycles. The van der Waals surface area contributed by atoms with Crippen molar-refractivity contribution >= 4 is 17.5 Å². The Morgan fingerprint density at radius 2 is 1.50 bits per heavy atom. The van der Waals surface area contributed by atoms with Crippen molar-refractivity contribution in [3.8, 4) is 5.69 Å². The molecule has 6 heteroatoms. The molecular formula is C20H19N3O3. The van der Waals surface area contributed by atoms with Crippen LogP contribution in [0.4, 0.5) is 5.69 Å². The van der Waals surface area contributed by atoms with E-state index in [4.69, 9.17) is 0 Å². The summed E-state index contributed by atoms with van der Waals surface area (Å²) in [5.74, 6) is -0.785. The highest BCUT2D eigenvalue weighted by atomic mass is 16.2. The highest BCUT2D eigenvalue weighted by Gasteiger charge is 2.60. The molecule has 1 saturated carbocycles. The van der Waals surface area contributed by atoms with E-state index in [1.165, 1.54) is 9.58 Å². The van der Waals surface area contributed by atoms with Gasteiger partial charge in [0.1, 0.15) is 5.69 Å². The van der Waals surface area contributed by atoms with E-state index in [0.717, 1.165) is 6.42 Å². The molecule has 6 nitrogen and oxygen atoms in total. The van der Waals surface area contributed by atoms with Gasteiger partial charge in [0, 0.05) is 7.05 Å². The number of carbonyl (C=O) groups is 2. The number of anilines is 1. The first-order valence-corrected chi connectivity index (χ1v) is 8.91. The fourth-order valence-electron chi connectivity index (χ4n) is 4.93. The van der Waals surface area contributed by atoms with Gasteiger partial charge >= 0.3 is 0 Å². The zero-order valence-corrected chi connectivity index (χ0v) is 14.6. The minimum Gasteiger partial charge on any atom is -0.283 e. The first kappa shape index (κ1) is 15.4. The van der Waals surface area contributed by atoms with Crippen molar-refractivity contribution in [2.24, 2.45) is 30.7 Å². The standard InChI is InChI=1S/C20H19N3O3/c1-11-17(20(26)23(21(11)2)14-6-4-3-5-7-14)22-18(24)15-12-8-9-13(10-12)16(15)19(22)25/h3-9,12-13,15-16H,10H2,1-2H3/t12-,13-,15-,16+/m1/s1. The maximum Gasteiger partial charge on any atom is 0.296 e. The molecule has 26 heavy (non-hydrogen) atoms. The van der Waals surface area contributed by atoms with Crippen LogP contribution in [0.15, 0.2) is 47.3 Å². The Kier molecular flexibility index (Phi) is 2.99. The van der Waals surface area contributed by atoms with Crippen molar-refractivity contribution < 1.29 is 9.59 Å². The van der Waals surface area contributed by atoms with Crippen molar-refractivity contribution in [1.29, 1.82) is 0 Å². The summed E-state index contributed by atoms with van der Waals surface area (Å²) >= 11 is 0. The minimum absolute atomic E-state index is 0.131. The lowest BCUT2D eigenvalue weighted by atomic mass is 9.85. The summed E-state index contributed by atoms with van der Waals surface area (Å²) in [6.07, 6.45) is 4.99. The summed E-state index contributed by atoms with van der Waals surface area (Å²) in [6, 6.07) is 9.24. The lowest BCUT2D eigenvalue weighted by Crippen LogP contribution is -2.36. The Bertz CT molecular complexity index is 1000. The molecular weight excluding hydrogens is 330 g/mol. The second-order valence-electron chi connectivity index (χ2n) is 7.42. The second kappa shape index (κ2) is 5.06. The highest BCUT2D eigenvalue weighted by molar-refractivity contribution is 6.23. The van der Waals surface area contributed by atoms with Crippen LogP contribution in [0.1, 0.15) is 12.1 Å². The normalized spacial score (nSPS) is 29.1. The maximum absolute atomic E-state index is 13.2. The van der Waals surface area contributed by atoms with Gasteiger partial charge in [-0.05, 0) is 37.3 Å². The number of carbonyl (C=O) groups excluding carboxylic acids is 2. The molecule has 0 spiro atoms. The van der Waals surface area contributed by atoms with Crippen LogP contribution in [0.3, 0.4) is 0 Å². The van der Waals surface area contributed by atoms with Gasteiger partial charge in [-0.2, -0.15) is 0 Å². The molecule has 1 aromatic carbocycles. The molecule has 2 amide bonds. The number of aromatic nitrogens is 2. The van der Waals surface area contributed by atoms with Gasteiger partial charge < -0.3 is 0 Å². The van der Waals surface area contributed by atoms with Gasteiger partial charge in [-0.25, -0.2) is 9.58 Å². The number of amides is 2. The van der Waals surface area contributed by atoms with Crippen molar-refractivity contribution in [3.63, 3.8) is 0 Å². The SMILES string of the molecule is Cc1c(N2C(=O)[C@@H]3[C@H](C2=O)[C@@H]2C=C[C@@H]3C2)c(=O)n(-c2ccccc2)n1C. The third-order valence-electron chi connectivity index (χ3n) is 6.22. The topological polar surface area (TPSA) is 64.3 Å². The quantitative estimate of drug-likeness (QED) is 0.613. The summed E-state index contributed by atoms with van der Waals surface area (Å²) in [5, 5.41) is 0. The average molecular weight is 349 g/mol. The number of hydrogen-bond acceptors (Lipinski definition) is 3. The van der Waals surface area contributed by atoms with Crippen LogP contribution in [0.2, 0.25) is 0 Å². The smallest absolute Gasteiger partial charge is 0.283 e. The Hall–Kier alpha value is -2.89. The lowest BCUT2D eigenvalue weighted by molar-refractivity contribution is -0.123. The molecule has 0 radical (unpaired) electrons. The molecule has 2 fully saturated rings. The predicted molar refractivity (Wildman–Crippen MR) is 96.0 cm³/mol. The van der Waals surface area contributed by atoms with Gasteiger partial charge in [0.2, 0.25) is 11.8 Å². The van der Waals surface area contributed by atoms with Gasteiger partial charge in [-0.1, -0.05) is 30.4 Å². The van der Waals surface area contributed by atoms with Crippen LogP contribution >= 0.6 is 0 Å². The van der Waals surface area contributed by atoms with Crippen molar-refractivity contribution in [2.45, 2.75) is 13.3 Å². The zero-order valence-electron chi connectivity index (χ0n) is 14.6. The molecule has 1 saturated heterocycles. The van der Waals surface area contributed by atoms with Crippen LogP contribution in [-0.2, 0) is 16.6 Å². The van der Waals surface area contributed by atoms with Gasteiger partial charge in [0.15, 0.2) is 0 Å². The molecule has 0 unspecified atom stereocenters. The number of fused-ring (bicyclic) bond motifs is 5. The molecule has 132 valence electrons. The van der Waals surface area contributed by atoms with E-state index < -0.39 is 0 Å². The summed E-state index contributed by atoms with van der Waals surface area (Å²) in [4.78, 5) is 40.5. The number of rotatable bonds is 2. The summed E-state index contributed by atoms with van der Waals surface area (Å²) in [6.45, 7) is 1.78. The second-order valence-corrected chi connectivity index (χ2v) is 7.42. The van der Waals surface area contributed by atoms with Crippen molar-refractivity contribution in [3.05, 3.63) is 58.5 Å². The molecule has 3 aliphatic rings. The molecule has 4 atom stereocenters. The Balaban J connectivity index is 1.66. The largest absolute Gasteiger partial charge is 0.296 e. The molecule has 1 aliphatic heterocycles. The summed E-state index contributed by atoms with van der Waals surface area (Å²) in [5.41, 5.74) is 1.18. The van der Waals surface area contributed by atoms with Gasteiger partial charge in [-0.15, -0.1) is 0 Å². The highest BCUT2D eigenvalue weighted by Crippen LogP contribution is 2.53. The third-order valence-corrected chi connectivity index (χ3v) is 6.22. The van der Waals surface area contributed by atoms with E-state index in [9.17, 15) is 14.4 Å². The van der Waals surface area contributed by atoms with E-state index in [0.29, 0.717) is 11.4 Å². The number of allylic oxidation sites excluding steroid dienone is 2. The van der Waals surface area contributed by atoms with Crippen molar-refractivity contribution in [1.82, 2.24) is 9.36 Å². The number of para-hydroxylation sites is 1. The predicted octanol–water partition coefficient (Wildman–Crippen LogP) is 1.80. The van der Waals surface area contributed by atoms with Crippen molar-refractivity contribution in [2.75, 3.05) is 4.90 Å². The zero-order chi connectivity index (χ0) is 18.2. The monoisotopic (exact) mass is 349 g/mol. The molecule has 2 bridgehead atoms. The fraction of sp³-hybridized carbons (Fsp3) is 0.350. The Morgan fingerprint density at radius 3 is 2.08 bits per heavy atom. The number of benzene rings is 1. The molecule has 5 rings (SSSR count). The van der Waals surface area contributed by atoms with E-state index in [1.54, 1.807) is 18.7 Å². The van der Waals surface area contributed by atoms with Crippen LogP contribution in [-0.4, -0.2) is 21.2 Å². The number of imide groups is 1. The Labute approximate surface area is 150 Å². The molecule has 1 aromatic heterocycles. The van der Waals surface area contributed by atoms with Crippen LogP contribution < -0.4 is 10.5 Å². The molecule has 2 aromatic rings. The summed E-state index contributed by atoms with van der Waals surface area (Å²) in [7, 11) is 1.77. The Morgan fingerprint density at radius 1 is 0.923 bits per heavy atom.